The Morgan fingerprint density at radius 1 is 1.17 bits per heavy atom. The molecule has 0 bridgehead atoms. The molecule has 0 saturated carbocycles. The van der Waals surface area contributed by atoms with Crippen LogP contribution in [0.25, 0.3) is 0 Å². The molecule has 3 atom stereocenters. The number of fused-ring (bicyclic) bond motifs is 3. The van der Waals surface area contributed by atoms with Gasteiger partial charge in [0.25, 0.3) is 0 Å². The molecule has 0 spiro atoms. The average Bonchev–Trinajstić information content (AvgIpc) is 3.02. The minimum absolute atomic E-state index is 0.189. The van der Waals surface area contributed by atoms with Gasteiger partial charge in [-0.3, -0.25) is 0 Å². The Morgan fingerprint density at radius 2 is 1.92 bits per heavy atom. The molecule has 1 N–H and O–H groups in total. The van der Waals surface area contributed by atoms with Crippen molar-refractivity contribution in [3.63, 3.8) is 0 Å². The van der Waals surface area contributed by atoms with Gasteiger partial charge >= 0.3 is 0 Å². The number of allylic oxidation sites excluding steroid dienone is 2. The van der Waals surface area contributed by atoms with Crippen LogP contribution in [0.15, 0.2) is 48.6 Å². The highest BCUT2D eigenvalue weighted by molar-refractivity contribution is 5.85. The fourth-order valence-corrected chi connectivity index (χ4v) is 4.30. The van der Waals surface area contributed by atoms with E-state index in [1.54, 1.807) is 12.1 Å². The summed E-state index contributed by atoms with van der Waals surface area (Å²) in [4.78, 5) is 11.0. The van der Waals surface area contributed by atoms with Gasteiger partial charge in [0.05, 0.1) is 12.0 Å². The smallest absolute Gasteiger partial charge is 0.0715 e. The van der Waals surface area contributed by atoms with Gasteiger partial charge in [-0.05, 0) is 60.1 Å². The second-order valence-electron chi connectivity index (χ2n) is 6.93. The largest absolute Gasteiger partial charge is 0.545 e. The highest BCUT2D eigenvalue weighted by atomic mass is 16.4. The lowest BCUT2D eigenvalue weighted by molar-refractivity contribution is -0.255. The zero-order valence-electron chi connectivity index (χ0n) is 13.9. The summed E-state index contributed by atoms with van der Waals surface area (Å²) < 4.78 is 0. The second-order valence-corrected chi connectivity index (χ2v) is 6.93. The molecule has 0 saturated heterocycles. The molecule has 0 amide bonds. The normalized spacial score (nSPS) is 24.2. The van der Waals surface area contributed by atoms with Gasteiger partial charge in [-0.15, -0.1) is 0 Å². The fraction of sp³-hybridized carbons (Fsp3) is 0.286. The lowest BCUT2D eigenvalue weighted by Gasteiger charge is -2.38. The molecule has 2 aromatic carbocycles. The molecule has 3 nitrogen and oxygen atoms in total. The first-order valence-corrected chi connectivity index (χ1v) is 8.40. The van der Waals surface area contributed by atoms with Crippen molar-refractivity contribution in [2.45, 2.75) is 32.2 Å². The van der Waals surface area contributed by atoms with Crippen molar-refractivity contribution < 1.29 is 9.90 Å². The minimum Gasteiger partial charge on any atom is -0.545 e. The molecule has 1 aliphatic heterocycles. The first kappa shape index (κ1) is 15.0. The van der Waals surface area contributed by atoms with Gasteiger partial charge in [0.2, 0.25) is 0 Å². The summed E-state index contributed by atoms with van der Waals surface area (Å²) in [5, 5.41) is 14.7. The summed E-state index contributed by atoms with van der Waals surface area (Å²) in [5.41, 5.74) is 6.55. The molecule has 1 aliphatic carbocycles. The van der Waals surface area contributed by atoms with Gasteiger partial charge in [0.1, 0.15) is 0 Å². The van der Waals surface area contributed by atoms with Crippen LogP contribution < -0.4 is 10.4 Å². The van der Waals surface area contributed by atoms with Crippen molar-refractivity contribution in [2.24, 2.45) is 5.92 Å². The SMILES string of the molecule is Cc1cc(C)c2c(c1)N[C@@H](c1ccc(C(=O)[O-])cc1)[C@H]1CC=C[C@H]21. The number of carbonyl (C=O) groups is 1. The third-order valence-corrected chi connectivity index (χ3v) is 5.32. The Labute approximate surface area is 142 Å². The zero-order valence-corrected chi connectivity index (χ0v) is 13.9. The van der Waals surface area contributed by atoms with Gasteiger partial charge in [0, 0.05) is 11.6 Å². The summed E-state index contributed by atoms with van der Waals surface area (Å²) in [6.07, 6.45) is 5.64. The molecule has 24 heavy (non-hydrogen) atoms. The third kappa shape index (κ3) is 2.32. The molecule has 0 fully saturated rings. The molecule has 0 aromatic heterocycles. The fourth-order valence-electron chi connectivity index (χ4n) is 4.30. The molecule has 122 valence electrons. The topological polar surface area (TPSA) is 52.2 Å². The Hall–Kier alpha value is -2.55. The lowest BCUT2D eigenvalue weighted by Crippen LogP contribution is -2.30. The van der Waals surface area contributed by atoms with Crippen LogP contribution in [0.2, 0.25) is 0 Å². The van der Waals surface area contributed by atoms with Gasteiger partial charge < -0.3 is 15.2 Å². The molecule has 0 unspecified atom stereocenters. The van der Waals surface area contributed by atoms with Crippen molar-refractivity contribution in [3.8, 4) is 0 Å². The average molecular weight is 318 g/mol. The highest BCUT2D eigenvalue weighted by Gasteiger charge is 2.38. The van der Waals surface area contributed by atoms with Gasteiger partial charge in [0.15, 0.2) is 0 Å². The third-order valence-electron chi connectivity index (χ3n) is 5.32. The van der Waals surface area contributed by atoms with Crippen LogP contribution in [0.4, 0.5) is 5.69 Å². The Kier molecular flexibility index (Phi) is 3.45. The van der Waals surface area contributed by atoms with E-state index in [9.17, 15) is 9.90 Å². The van der Waals surface area contributed by atoms with E-state index in [-0.39, 0.29) is 11.6 Å². The number of nitrogens with one attached hydrogen (secondary N) is 1. The van der Waals surface area contributed by atoms with Crippen molar-refractivity contribution in [2.75, 3.05) is 5.32 Å². The quantitative estimate of drug-likeness (QED) is 0.862. The first-order chi connectivity index (χ1) is 11.5. The van der Waals surface area contributed by atoms with Crippen LogP contribution in [0.1, 0.15) is 51.0 Å². The van der Waals surface area contributed by atoms with Crippen LogP contribution >= 0.6 is 0 Å². The second kappa shape index (κ2) is 5.52. The molecule has 4 rings (SSSR count). The van der Waals surface area contributed by atoms with E-state index in [1.807, 2.05) is 12.1 Å². The number of anilines is 1. The Bertz CT molecular complexity index is 836. The van der Waals surface area contributed by atoms with E-state index in [2.05, 4.69) is 43.4 Å². The van der Waals surface area contributed by atoms with Crippen LogP contribution in [-0.2, 0) is 0 Å². The van der Waals surface area contributed by atoms with E-state index in [1.165, 1.54) is 22.4 Å². The van der Waals surface area contributed by atoms with Gasteiger partial charge in [-0.2, -0.15) is 0 Å². The Balaban J connectivity index is 1.76. The highest BCUT2D eigenvalue weighted by Crippen LogP contribution is 2.50. The molecule has 0 radical (unpaired) electrons. The van der Waals surface area contributed by atoms with E-state index in [0.29, 0.717) is 11.8 Å². The maximum Gasteiger partial charge on any atom is 0.0715 e. The van der Waals surface area contributed by atoms with Crippen molar-refractivity contribution >= 4 is 11.7 Å². The zero-order chi connectivity index (χ0) is 16.8. The molecule has 2 aliphatic rings. The minimum atomic E-state index is -1.13. The number of aryl methyl sites for hydroxylation is 2. The standard InChI is InChI=1S/C21H21NO2/c1-12-10-13(2)19-16-4-3-5-17(16)20(22-18(19)11-12)14-6-8-15(9-7-14)21(23)24/h3-4,6-11,16-17,20,22H,5H2,1-2H3,(H,23,24)/p-1/t16-,17-,20-/m0/s1. The number of benzene rings is 2. The maximum atomic E-state index is 11.0. The predicted molar refractivity (Wildman–Crippen MR) is 93.0 cm³/mol. The van der Waals surface area contributed by atoms with E-state index in [4.69, 9.17) is 0 Å². The van der Waals surface area contributed by atoms with Crippen LogP contribution in [-0.4, -0.2) is 5.97 Å². The number of aromatic carboxylic acids is 1. The summed E-state index contributed by atoms with van der Waals surface area (Å²) in [7, 11) is 0. The van der Waals surface area contributed by atoms with E-state index in [0.717, 1.165) is 12.0 Å². The van der Waals surface area contributed by atoms with Crippen LogP contribution in [0.3, 0.4) is 0 Å². The molecule has 1 heterocycles. The maximum absolute atomic E-state index is 11.0. The molecule has 3 heteroatoms. The van der Waals surface area contributed by atoms with Crippen molar-refractivity contribution in [3.05, 3.63) is 76.4 Å². The molecule has 2 aromatic rings. The number of rotatable bonds is 2. The summed E-state index contributed by atoms with van der Waals surface area (Å²) >= 11 is 0. The summed E-state index contributed by atoms with van der Waals surface area (Å²) in [6, 6.07) is 11.7. The van der Waals surface area contributed by atoms with Gasteiger partial charge in [-0.1, -0.05) is 42.5 Å². The molecular weight excluding hydrogens is 298 g/mol. The van der Waals surface area contributed by atoms with Crippen LogP contribution in [0, 0.1) is 19.8 Å². The predicted octanol–water partition coefficient (Wildman–Crippen LogP) is 3.49. The summed E-state index contributed by atoms with van der Waals surface area (Å²) in [5.74, 6) is -0.240. The lowest BCUT2D eigenvalue weighted by atomic mass is 9.75. The van der Waals surface area contributed by atoms with E-state index >= 15 is 0 Å². The van der Waals surface area contributed by atoms with E-state index < -0.39 is 5.97 Å². The van der Waals surface area contributed by atoms with Gasteiger partial charge in [-0.25, -0.2) is 0 Å². The van der Waals surface area contributed by atoms with Crippen molar-refractivity contribution in [1.82, 2.24) is 0 Å². The van der Waals surface area contributed by atoms with Crippen molar-refractivity contribution in [1.29, 1.82) is 0 Å². The monoisotopic (exact) mass is 318 g/mol. The molecular formula is C21H20NO2-. The first-order valence-electron chi connectivity index (χ1n) is 8.40. The number of carboxylic acid groups (broad SMARTS) is 1. The number of hydrogen-bond acceptors (Lipinski definition) is 3. The number of hydrogen-bond donors (Lipinski definition) is 1. The summed E-state index contributed by atoms with van der Waals surface area (Å²) in [6.45, 7) is 4.31. The number of carboxylic acids is 1. The Morgan fingerprint density at radius 3 is 2.62 bits per heavy atom. The number of carbonyl (C=O) groups excluding carboxylic acids is 1. The van der Waals surface area contributed by atoms with Crippen LogP contribution in [0.5, 0.6) is 0 Å².